The fourth-order valence-electron chi connectivity index (χ4n) is 2.74. The molecule has 0 atom stereocenters. The average Bonchev–Trinajstić information content (AvgIpc) is 2.42. The standard InChI is InChI=1S/C15H21ClFNS/c1-19-15(7-3-2-4-8-15)11-18-10-12-5-6-13(16)9-14(12)17/h5-6,9,18H,2-4,7-8,10-11H2,1H3. The van der Waals surface area contributed by atoms with Gasteiger partial charge in [-0.1, -0.05) is 36.9 Å². The highest BCUT2D eigenvalue weighted by Crippen LogP contribution is 2.38. The van der Waals surface area contributed by atoms with Crippen LogP contribution < -0.4 is 5.32 Å². The maximum Gasteiger partial charge on any atom is 0.129 e. The number of hydrogen-bond donors (Lipinski definition) is 1. The average molecular weight is 302 g/mol. The highest BCUT2D eigenvalue weighted by Gasteiger charge is 2.30. The smallest absolute Gasteiger partial charge is 0.129 e. The zero-order chi connectivity index (χ0) is 13.7. The van der Waals surface area contributed by atoms with Crippen LogP contribution in [0.15, 0.2) is 18.2 Å². The zero-order valence-corrected chi connectivity index (χ0v) is 12.9. The van der Waals surface area contributed by atoms with Gasteiger partial charge in [0.1, 0.15) is 5.82 Å². The van der Waals surface area contributed by atoms with Gasteiger partial charge >= 0.3 is 0 Å². The van der Waals surface area contributed by atoms with Crippen molar-refractivity contribution in [3.8, 4) is 0 Å². The van der Waals surface area contributed by atoms with E-state index in [0.29, 0.717) is 21.9 Å². The molecule has 19 heavy (non-hydrogen) atoms. The number of nitrogens with one attached hydrogen (secondary N) is 1. The Balaban J connectivity index is 1.88. The van der Waals surface area contributed by atoms with Gasteiger partial charge in [0, 0.05) is 28.4 Å². The van der Waals surface area contributed by atoms with Crippen molar-refractivity contribution < 1.29 is 4.39 Å². The predicted octanol–water partition coefficient (Wildman–Crippen LogP) is 4.63. The van der Waals surface area contributed by atoms with Crippen LogP contribution in [0.1, 0.15) is 37.7 Å². The maximum absolute atomic E-state index is 13.7. The summed E-state index contributed by atoms with van der Waals surface area (Å²) < 4.78 is 14.0. The third kappa shape index (κ3) is 4.11. The van der Waals surface area contributed by atoms with Crippen LogP contribution in [-0.2, 0) is 6.54 Å². The normalized spacial score (nSPS) is 18.5. The fraction of sp³-hybridized carbons (Fsp3) is 0.600. The second-order valence-electron chi connectivity index (χ2n) is 5.29. The van der Waals surface area contributed by atoms with E-state index in [1.165, 1.54) is 38.2 Å². The van der Waals surface area contributed by atoms with Crippen LogP contribution in [0.2, 0.25) is 5.02 Å². The van der Waals surface area contributed by atoms with E-state index in [2.05, 4.69) is 11.6 Å². The van der Waals surface area contributed by atoms with Gasteiger partial charge in [-0.3, -0.25) is 0 Å². The molecule has 1 aliphatic rings. The molecule has 1 aromatic rings. The Bertz CT molecular complexity index is 419. The summed E-state index contributed by atoms with van der Waals surface area (Å²) in [4.78, 5) is 0. The number of rotatable bonds is 5. The number of thioether (sulfide) groups is 1. The Morgan fingerprint density at radius 3 is 2.68 bits per heavy atom. The third-order valence-corrected chi connectivity index (χ3v) is 5.63. The van der Waals surface area contributed by atoms with E-state index in [9.17, 15) is 4.39 Å². The zero-order valence-electron chi connectivity index (χ0n) is 11.3. The van der Waals surface area contributed by atoms with Crippen LogP contribution in [-0.4, -0.2) is 17.5 Å². The largest absolute Gasteiger partial charge is 0.311 e. The Morgan fingerprint density at radius 2 is 2.05 bits per heavy atom. The van der Waals surface area contributed by atoms with Gasteiger partial charge in [-0.05, 0) is 31.2 Å². The van der Waals surface area contributed by atoms with Crippen LogP contribution in [0, 0.1) is 5.82 Å². The summed E-state index contributed by atoms with van der Waals surface area (Å²) in [6, 6.07) is 4.88. The van der Waals surface area contributed by atoms with Crippen LogP contribution in [0.3, 0.4) is 0 Å². The van der Waals surface area contributed by atoms with E-state index in [0.717, 1.165) is 6.54 Å². The molecule has 0 radical (unpaired) electrons. The van der Waals surface area contributed by atoms with Crippen LogP contribution in [0.25, 0.3) is 0 Å². The second kappa shape index (κ2) is 6.96. The number of hydrogen-bond acceptors (Lipinski definition) is 2. The van der Waals surface area contributed by atoms with E-state index in [4.69, 9.17) is 11.6 Å². The molecule has 1 N–H and O–H groups in total. The number of halogens is 2. The molecule has 4 heteroatoms. The van der Waals surface area contributed by atoms with Crippen molar-refractivity contribution in [2.45, 2.75) is 43.4 Å². The van der Waals surface area contributed by atoms with Crippen molar-refractivity contribution in [1.29, 1.82) is 0 Å². The first-order valence-electron chi connectivity index (χ1n) is 6.85. The minimum Gasteiger partial charge on any atom is -0.311 e. The highest BCUT2D eigenvalue weighted by atomic mass is 35.5. The van der Waals surface area contributed by atoms with Gasteiger partial charge < -0.3 is 5.32 Å². The van der Waals surface area contributed by atoms with Gasteiger partial charge in [0.2, 0.25) is 0 Å². The van der Waals surface area contributed by atoms with Crippen molar-refractivity contribution in [2.75, 3.05) is 12.8 Å². The second-order valence-corrected chi connectivity index (χ2v) is 7.00. The van der Waals surface area contributed by atoms with Crippen molar-refractivity contribution in [3.05, 3.63) is 34.6 Å². The van der Waals surface area contributed by atoms with Gasteiger partial charge in [0.05, 0.1) is 0 Å². The molecular formula is C15H21ClFNS. The highest BCUT2D eigenvalue weighted by molar-refractivity contribution is 8.00. The van der Waals surface area contributed by atoms with Crippen LogP contribution >= 0.6 is 23.4 Å². The molecule has 1 aromatic carbocycles. The molecule has 1 nitrogen and oxygen atoms in total. The monoisotopic (exact) mass is 301 g/mol. The Kier molecular flexibility index (Phi) is 5.55. The van der Waals surface area contributed by atoms with Crippen molar-refractivity contribution in [2.24, 2.45) is 0 Å². The SMILES string of the molecule is CSC1(CNCc2ccc(Cl)cc2F)CCCCC1. The summed E-state index contributed by atoms with van der Waals surface area (Å²) in [6.07, 6.45) is 8.72. The lowest BCUT2D eigenvalue weighted by atomic mass is 9.88. The molecule has 1 fully saturated rings. The molecule has 1 saturated carbocycles. The number of benzene rings is 1. The Morgan fingerprint density at radius 1 is 1.32 bits per heavy atom. The van der Waals surface area contributed by atoms with E-state index in [-0.39, 0.29) is 5.82 Å². The molecule has 0 saturated heterocycles. The lowest BCUT2D eigenvalue weighted by molar-refractivity contribution is 0.378. The van der Waals surface area contributed by atoms with Gasteiger partial charge in [-0.2, -0.15) is 11.8 Å². The first-order chi connectivity index (χ1) is 9.15. The molecular weight excluding hydrogens is 281 g/mol. The minimum absolute atomic E-state index is 0.221. The van der Waals surface area contributed by atoms with Crippen molar-refractivity contribution in [1.82, 2.24) is 5.32 Å². The summed E-state index contributed by atoms with van der Waals surface area (Å²) in [5.41, 5.74) is 0.691. The van der Waals surface area contributed by atoms with E-state index < -0.39 is 0 Å². The summed E-state index contributed by atoms with van der Waals surface area (Å²) in [5.74, 6) is -0.221. The molecule has 0 aliphatic heterocycles. The molecule has 0 heterocycles. The molecule has 0 aromatic heterocycles. The third-order valence-electron chi connectivity index (χ3n) is 3.98. The molecule has 1 aliphatic carbocycles. The van der Waals surface area contributed by atoms with Crippen molar-refractivity contribution >= 4 is 23.4 Å². The van der Waals surface area contributed by atoms with Crippen LogP contribution in [0.4, 0.5) is 4.39 Å². The minimum atomic E-state index is -0.221. The molecule has 0 amide bonds. The van der Waals surface area contributed by atoms with E-state index in [1.54, 1.807) is 12.1 Å². The summed E-state index contributed by atoms with van der Waals surface area (Å²) >= 11 is 7.71. The Labute approximate surface area is 124 Å². The summed E-state index contributed by atoms with van der Waals surface area (Å²) in [5, 5.41) is 3.87. The topological polar surface area (TPSA) is 12.0 Å². The van der Waals surface area contributed by atoms with Gasteiger partial charge in [-0.25, -0.2) is 4.39 Å². The van der Waals surface area contributed by atoms with E-state index >= 15 is 0 Å². The van der Waals surface area contributed by atoms with Gasteiger partial charge in [0.25, 0.3) is 0 Å². The first kappa shape index (κ1) is 15.1. The molecule has 106 valence electrons. The molecule has 0 bridgehead atoms. The van der Waals surface area contributed by atoms with Crippen molar-refractivity contribution in [3.63, 3.8) is 0 Å². The summed E-state index contributed by atoms with van der Waals surface area (Å²) in [6.45, 7) is 1.53. The summed E-state index contributed by atoms with van der Waals surface area (Å²) in [7, 11) is 0. The lowest BCUT2D eigenvalue weighted by Gasteiger charge is -2.36. The predicted molar refractivity (Wildman–Crippen MR) is 82.4 cm³/mol. The Hall–Kier alpha value is -0.250. The van der Waals surface area contributed by atoms with Gasteiger partial charge in [0.15, 0.2) is 0 Å². The molecule has 0 unspecified atom stereocenters. The molecule has 0 spiro atoms. The van der Waals surface area contributed by atoms with Crippen LogP contribution in [0.5, 0.6) is 0 Å². The maximum atomic E-state index is 13.7. The molecule has 2 rings (SSSR count). The lowest BCUT2D eigenvalue weighted by Crippen LogP contribution is -2.39. The quantitative estimate of drug-likeness (QED) is 0.850. The van der Waals surface area contributed by atoms with Gasteiger partial charge in [-0.15, -0.1) is 0 Å². The fourth-order valence-corrected chi connectivity index (χ4v) is 3.84. The van der Waals surface area contributed by atoms with E-state index in [1.807, 2.05) is 11.8 Å². The first-order valence-corrected chi connectivity index (χ1v) is 8.45.